The fraction of sp³-hybridized carbons (Fsp3) is 0.167. The Morgan fingerprint density at radius 1 is 1.04 bits per heavy atom. The summed E-state index contributed by atoms with van der Waals surface area (Å²) in [4.78, 5) is 11.7. The summed E-state index contributed by atoms with van der Waals surface area (Å²) < 4.78 is 0. The van der Waals surface area contributed by atoms with E-state index in [9.17, 15) is 9.90 Å². The first kappa shape index (κ1) is 16.6. The number of anilines is 1. The maximum Gasteiger partial charge on any atom is 0.319 e. The summed E-state index contributed by atoms with van der Waals surface area (Å²) in [5.41, 5.74) is 2.30. The molecule has 0 spiro atoms. The van der Waals surface area contributed by atoms with Gasteiger partial charge in [0.15, 0.2) is 0 Å². The van der Waals surface area contributed by atoms with Crippen molar-refractivity contribution >= 4 is 11.7 Å². The topological polar surface area (TPSA) is 81.6 Å². The van der Waals surface area contributed by atoms with Crippen molar-refractivity contribution in [1.29, 1.82) is 0 Å². The molecular formula is C18H18N2O3. The summed E-state index contributed by atoms with van der Waals surface area (Å²) >= 11 is 0. The average molecular weight is 310 g/mol. The standard InChI is InChI=1S/C18H18N2O3/c21-13-17(22)12-19-18(23)20-16-8-4-7-15(11-16)10-9-14-5-2-1-3-6-14/h1-8,11,17,21-22H,12-13H2,(H2,19,20,23)/t17-/m0/s1. The van der Waals surface area contributed by atoms with Gasteiger partial charge in [-0.05, 0) is 30.3 Å². The van der Waals surface area contributed by atoms with Gasteiger partial charge in [-0.2, -0.15) is 0 Å². The third-order valence-electron chi connectivity index (χ3n) is 2.95. The van der Waals surface area contributed by atoms with Gasteiger partial charge >= 0.3 is 6.03 Å². The number of aliphatic hydroxyl groups excluding tert-OH is 2. The van der Waals surface area contributed by atoms with Crippen molar-refractivity contribution in [3.63, 3.8) is 0 Å². The van der Waals surface area contributed by atoms with Gasteiger partial charge in [0.1, 0.15) is 0 Å². The summed E-state index contributed by atoms with van der Waals surface area (Å²) in [6.07, 6.45) is -0.969. The molecule has 0 fully saturated rings. The van der Waals surface area contributed by atoms with E-state index in [1.807, 2.05) is 36.4 Å². The Balaban J connectivity index is 1.97. The zero-order valence-electron chi connectivity index (χ0n) is 12.5. The lowest BCUT2D eigenvalue weighted by atomic mass is 10.1. The van der Waals surface area contributed by atoms with E-state index in [1.165, 1.54) is 0 Å². The number of amides is 2. The quantitative estimate of drug-likeness (QED) is 0.647. The van der Waals surface area contributed by atoms with Crippen LogP contribution in [0.1, 0.15) is 11.1 Å². The van der Waals surface area contributed by atoms with E-state index in [1.54, 1.807) is 18.2 Å². The Bertz CT molecular complexity index is 705. The van der Waals surface area contributed by atoms with Gasteiger partial charge in [0.05, 0.1) is 12.7 Å². The van der Waals surface area contributed by atoms with E-state index in [2.05, 4.69) is 22.5 Å². The van der Waals surface area contributed by atoms with Crippen LogP contribution in [0, 0.1) is 11.8 Å². The molecule has 0 aliphatic carbocycles. The highest BCUT2D eigenvalue weighted by atomic mass is 16.3. The normalized spacial score (nSPS) is 11.0. The Labute approximate surface area is 135 Å². The molecule has 0 aromatic heterocycles. The highest BCUT2D eigenvalue weighted by Crippen LogP contribution is 2.10. The van der Waals surface area contributed by atoms with Crippen molar-refractivity contribution in [2.24, 2.45) is 0 Å². The lowest BCUT2D eigenvalue weighted by Gasteiger charge is -2.10. The van der Waals surface area contributed by atoms with Gasteiger partial charge in [0.25, 0.3) is 0 Å². The van der Waals surface area contributed by atoms with Crippen LogP contribution in [0.15, 0.2) is 54.6 Å². The van der Waals surface area contributed by atoms with E-state index in [-0.39, 0.29) is 6.54 Å². The zero-order chi connectivity index (χ0) is 16.5. The number of aliphatic hydroxyl groups is 2. The first-order chi connectivity index (χ1) is 11.2. The molecule has 1 atom stereocenters. The van der Waals surface area contributed by atoms with Crippen LogP contribution in [0.2, 0.25) is 0 Å². The minimum Gasteiger partial charge on any atom is -0.394 e. The van der Waals surface area contributed by atoms with Gasteiger partial charge in [-0.3, -0.25) is 0 Å². The fourth-order valence-corrected chi connectivity index (χ4v) is 1.79. The maximum atomic E-state index is 11.7. The van der Waals surface area contributed by atoms with Gasteiger partial charge in [0.2, 0.25) is 0 Å². The molecule has 0 aliphatic heterocycles. The van der Waals surface area contributed by atoms with Crippen molar-refractivity contribution in [2.45, 2.75) is 6.10 Å². The molecule has 0 saturated heterocycles. The SMILES string of the molecule is O=C(NC[C@H](O)CO)Nc1cccc(C#Cc2ccccc2)c1. The summed E-state index contributed by atoms with van der Waals surface area (Å²) in [6, 6.07) is 16.3. The molecule has 2 amide bonds. The lowest BCUT2D eigenvalue weighted by Crippen LogP contribution is -2.36. The van der Waals surface area contributed by atoms with Crippen LogP contribution in [-0.4, -0.2) is 35.5 Å². The molecule has 4 N–H and O–H groups in total. The Hall–Kier alpha value is -2.81. The first-order valence-corrected chi connectivity index (χ1v) is 7.18. The monoisotopic (exact) mass is 310 g/mol. The van der Waals surface area contributed by atoms with Gasteiger partial charge in [-0.15, -0.1) is 0 Å². The van der Waals surface area contributed by atoms with Crippen LogP contribution >= 0.6 is 0 Å². The fourth-order valence-electron chi connectivity index (χ4n) is 1.79. The van der Waals surface area contributed by atoms with Gasteiger partial charge < -0.3 is 20.8 Å². The molecular weight excluding hydrogens is 292 g/mol. The molecule has 0 aliphatic rings. The summed E-state index contributed by atoms with van der Waals surface area (Å²) in [6.45, 7) is -0.416. The minimum absolute atomic E-state index is 0.0180. The molecule has 118 valence electrons. The van der Waals surface area contributed by atoms with E-state index < -0.39 is 18.7 Å². The second kappa shape index (κ2) is 8.59. The van der Waals surface area contributed by atoms with Crippen molar-refractivity contribution < 1.29 is 15.0 Å². The molecule has 0 bridgehead atoms. The number of nitrogens with one attached hydrogen (secondary N) is 2. The molecule has 5 heteroatoms. The lowest BCUT2D eigenvalue weighted by molar-refractivity contribution is 0.0965. The summed E-state index contributed by atoms with van der Waals surface area (Å²) in [5, 5.41) is 23.0. The van der Waals surface area contributed by atoms with E-state index in [0.29, 0.717) is 5.69 Å². The van der Waals surface area contributed by atoms with Crippen LogP contribution in [0.25, 0.3) is 0 Å². The number of benzene rings is 2. The predicted molar refractivity (Wildman–Crippen MR) is 89.0 cm³/mol. The van der Waals surface area contributed by atoms with Gasteiger partial charge in [-0.1, -0.05) is 36.1 Å². The predicted octanol–water partition coefficient (Wildman–Crippen LogP) is 1.56. The molecule has 0 saturated carbocycles. The molecule has 0 unspecified atom stereocenters. The number of urea groups is 1. The summed E-state index contributed by atoms with van der Waals surface area (Å²) in [7, 11) is 0. The van der Waals surface area contributed by atoms with Gasteiger partial charge in [-0.25, -0.2) is 4.79 Å². The van der Waals surface area contributed by atoms with Crippen molar-refractivity contribution in [3.05, 3.63) is 65.7 Å². The Morgan fingerprint density at radius 3 is 2.48 bits per heavy atom. The van der Waals surface area contributed by atoms with Crippen LogP contribution < -0.4 is 10.6 Å². The Kier molecular flexibility index (Phi) is 6.18. The maximum absolute atomic E-state index is 11.7. The average Bonchev–Trinajstić information content (AvgIpc) is 2.59. The van der Waals surface area contributed by atoms with Crippen molar-refractivity contribution in [1.82, 2.24) is 5.32 Å². The smallest absolute Gasteiger partial charge is 0.319 e. The van der Waals surface area contributed by atoms with Crippen LogP contribution in [0.3, 0.4) is 0 Å². The van der Waals surface area contributed by atoms with Crippen LogP contribution in [0.4, 0.5) is 10.5 Å². The van der Waals surface area contributed by atoms with Crippen molar-refractivity contribution in [3.8, 4) is 11.8 Å². The molecule has 5 nitrogen and oxygen atoms in total. The minimum atomic E-state index is -0.969. The van der Waals surface area contributed by atoms with Crippen molar-refractivity contribution in [2.75, 3.05) is 18.5 Å². The molecule has 2 aromatic rings. The molecule has 2 rings (SSSR count). The second-order valence-electron chi connectivity index (χ2n) is 4.87. The third-order valence-corrected chi connectivity index (χ3v) is 2.95. The number of rotatable bonds is 4. The number of hydrogen-bond acceptors (Lipinski definition) is 3. The largest absolute Gasteiger partial charge is 0.394 e. The number of hydrogen-bond donors (Lipinski definition) is 4. The van der Waals surface area contributed by atoms with E-state index in [0.717, 1.165) is 11.1 Å². The van der Waals surface area contributed by atoms with Crippen LogP contribution in [-0.2, 0) is 0 Å². The first-order valence-electron chi connectivity index (χ1n) is 7.18. The van der Waals surface area contributed by atoms with Crippen LogP contribution in [0.5, 0.6) is 0 Å². The highest BCUT2D eigenvalue weighted by Gasteiger charge is 2.05. The Morgan fingerprint density at radius 2 is 1.74 bits per heavy atom. The summed E-state index contributed by atoms with van der Waals surface area (Å²) in [5.74, 6) is 6.09. The van der Waals surface area contributed by atoms with Gasteiger partial charge in [0, 0.05) is 23.4 Å². The molecule has 0 radical (unpaired) electrons. The molecule has 2 aromatic carbocycles. The second-order valence-corrected chi connectivity index (χ2v) is 4.87. The third kappa shape index (κ3) is 5.83. The van der Waals surface area contributed by atoms with E-state index in [4.69, 9.17) is 5.11 Å². The highest BCUT2D eigenvalue weighted by molar-refractivity contribution is 5.89. The van der Waals surface area contributed by atoms with E-state index >= 15 is 0 Å². The zero-order valence-corrected chi connectivity index (χ0v) is 12.5. The number of carbonyl (C=O) groups excluding carboxylic acids is 1. The molecule has 23 heavy (non-hydrogen) atoms. The molecule has 0 heterocycles. The number of carbonyl (C=O) groups is 1.